The number of carbonyl (C=O) groups is 2. The second kappa shape index (κ2) is 11.5. The van der Waals surface area contributed by atoms with Crippen molar-refractivity contribution >= 4 is 11.6 Å². The first kappa shape index (κ1) is 30.6. The molecule has 6 aliphatic rings. The molecule has 234 valence electrons. The van der Waals surface area contributed by atoms with Crippen LogP contribution in [0.25, 0.3) is 0 Å². The predicted molar refractivity (Wildman–Crippen MR) is 155 cm³/mol. The lowest BCUT2D eigenvalue weighted by atomic mass is 9.46. The summed E-state index contributed by atoms with van der Waals surface area (Å²) in [6.45, 7) is 10.8. The Kier molecular flexibility index (Phi) is 8.38. The lowest BCUT2D eigenvalue weighted by Gasteiger charge is -2.59. The average molecular weight is 587 g/mol. The highest BCUT2D eigenvalue weighted by molar-refractivity contribution is 6.01. The van der Waals surface area contributed by atoms with Gasteiger partial charge in [-0.25, -0.2) is 0 Å². The molecule has 5 fully saturated rings. The van der Waals surface area contributed by atoms with E-state index in [4.69, 9.17) is 23.7 Å². The van der Waals surface area contributed by atoms with Crippen LogP contribution in [0.2, 0.25) is 0 Å². The zero-order chi connectivity index (χ0) is 29.9. The van der Waals surface area contributed by atoms with Crippen molar-refractivity contribution in [3.63, 3.8) is 0 Å². The highest BCUT2D eigenvalue weighted by Crippen LogP contribution is 2.69. The first-order valence-electron chi connectivity index (χ1n) is 16.4. The number of allylic oxidation sites excluding steroid dienone is 4. The molecule has 0 aromatic heterocycles. The standard InChI is InChI=1S/C34H50O8/c1-6-8-30-41-28-16-25-24-12-11-21-15-22(35)13-14-32(21,4)31(24)26(36)17-33(25,5)34(28,42-30)27(37)19-39-29-10-7-9-23(40-29)18-38-20(2)3/h13-15,20,23-26,28-31,36H,6-12,16-19H2,1-5H3/t23?,24-,25-,26-,28+,29?,30?,31+,32-,33-,34+/m0/s1. The van der Waals surface area contributed by atoms with Crippen molar-refractivity contribution in [1.29, 1.82) is 0 Å². The number of ketones is 2. The van der Waals surface area contributed by atoms with Gasteiger partial charge >= 0.3 is 0 Å². The van der Waals surface area contributed by atoms with Crippen LogP contribution in [0.1, 0.15) is 92.4 Å². The molecule has 0 aromatic carbocycles. The molecule has 0 bridgehead atoms. The second-order valence-corrected chi connectivity index (χ2v) is 14.4. The summed E-state index contributed by atoms with van der Waals surface area (Å²) in [5.41, 5.74) is -1.02. The predicted octanol–water partition coefficient (Wildman–Crippen LogP) is 5.06. The Labute approximate surface area is 250 Å². The molecule has 8 heteroatoms. The van der Waals surface area contributed by atoms with Gasteiger partial charge in [-0.15, -0.1) is 0 Å². The van der Waals surface area contributed by atoms with Gasteiger partial charge in [-0.05, 0) is 89.2 Å². The molecule has 0 aromatic rings. The fraction of sp³-hybridized carbons (Fsp3) is 0.824. The summed E-state index contributed by atoms with van der Waals surface area (Å²) in [6.07, 6.45) is 10.7. The van der Waals surface area contributed by atoms with Crippen molar-refractivity contribution < 1.29 is 38.4 Å². The summed E-state index contributed by atoms with van der Waals surface area (Å²) in [5.74, 6) is 0.247. The number of Topliss-reactive ketones (excluding diaryl/α,β-unsaturated/α-hetero) is 1. The van der Waals surface area contributed by atoms with Gasteiger partial charge in [-0.3, -0.25) is 9.59 Å². The van der Waals surface area contributed by atoms with Crippen molar-refractivity contribution in [2.45, 2.75) is 135 Å². The Morgan fingerprint density at radius 2 is 2.00 bits per heavy atom. The molecule has 1 N–H and O–H groups in total. The monoisotopic (exact) mass is 586 g/mol. The molecular weight excluding hydrogens is 536 g/mol. The van der Waals surface area contributed by atoms with Crippen LogP contribution in [0.15, 0.2) is 23.8 Å². The summed E-state index contributed by atoms with van der Waals surface area (Å²) in [5, 5.41) is 11.9. The van der Waals surface area contributed by atoms with E-state index in [-0.39, 0.29) is 59.7 Å². The normalized spacial score (nSPS) is 46.2. The fourth-order valence-corrected chi connectivity index (χ4v) is 9.69. The minimum atomic E-state index is -1.17. The third-order valence-electron chi connectivity index (χ3n) is 11.6. The van der Waals surface area contributed by atoms with Crippen LogP contribution in [0, 0.1) is 28.6 Å². The number of hydrogen-bond acceptors (Lipinski definition) is 8. The number of ether oxygens (including phenoxy) is 5. The van der Waals surface area contributed by atoms with E-state index in [9.17, 15) is 14.7 Å². The maximum absolute atomic E-state index is 14.4. The van der Waals surface area contributed by atoms with E-state index in [1.807, 2.05) is 19.9 Å². The number of rotatable bonds is 9. The highest BCUT2D eigenvalue weighted by Gasteiger charge is 2.75. The van der Waals surface area contributed by atoms with E-state index in [0.29, 0.717) is 13.0 Å². The average Bonchev–Trinajstić information content (AvgIpc) is 3.43. The van der Waals surface area contributed by atoms with Crippen LogP contribution >= 0.6 is 0 Å². The van der Waals surface area contributed by atoms with E-state index in [0.717, 1.165) is 56.9 Å². The van der Waals surface area contributed by atoms with Crippen LogP contribution in [-0.4, -0.2) is 72.5 Å². The molecule has 0 spiro atoms. The van der Waals surface area contributed by atoms with Gasteiger partial charge in [0, 0.05) is 16.7 Å². The summed E-state index contributed by atoms with van der Waals surface area (Å²) in [7, 11) is 0. The van der Waals surface area contributed by atoms with Gasteiger partial charge in [0.2, 0.25) is 0 Å². The number of hydrogen-bond donors (Lipinski definition) is 1. The van der Waals surface area contributed by atoms with Gasteiger partial charge in [-0.2, -0.15) is 0 Å². The Morgan fingerprint density at radius 1 is 1.19 bits per heavy atom. The summed E-state index contributed by atoms with van der Waals surface area (Å²) in [6, 6.07) is 0. The van der Waals surface area contributed by atoms with Gasteiger partial charge in [0.15, 0.2) is 29.7 Å². The van der Waals surface area contributed by atoms with Crippen molar-refractivity contribution in [3.8, 4) is 0 Å². The first-order chi connectivity index (χ1) is 20.0. The van der Waals surface area contributed by atoms with E-state index in [2.05, 4.69) is 20.8 Å². The maximum atomic E-state index is 14.4. The minimum Gasteiger partial charge on any atom is -0.393 e. The zero-order valence-electron chi connectivity index (χ0n) is 26.0. The molecule has 2 heterocycles. The smallest absolute Gasteiger partial charge is 0.193 e. The van der Waals surface area contributed by atoms with E-state index >= 15 is 0 Å². The van der Waals surface area contributed by atoms with Crippen molar-refractivity contribution in [2.75, 3.05) is 13.2 Å². The van der Waals surface area contributed by atoms with Crippen LogP contribution in [0.4, 0.5) is 0 Å². The molecule has 0 amide bonds. The number of carbonyl (C=O) groups excluding carboxylic acids is 2. The van der Waals surface area contributed by atoms with Crippen molar-refractivity contribution in [3.05, 3.63) is 23.8 Å². The molecule has 6 rings (SSSR count). The summed E-state index contributed by atoms with van der Waals surface area (Å²) >= 11 is 0. The molecule has 11 atom stereocenters. The van der Waals surface area contributed by atoms with Crippen molar-refractivity contribution in [2.24, 2.45) is 28.6 Å². The Morgan fingerprint density at radius 3 is 2.76 bits per heavy atom. The molecule has 8 nitrogen and oxygen atoms in total. The van der Waals surface area contributed by atoms with Gasteiger partial charge in [-0.1, -0.05) is 38.8 Å². The quantitative estimate of drug-likeness (QED) is 0.400. The van der Waals surface area contributed by atoms with Crippen LogP contribution < -0.4 is 0 Å². The highest BCUT2D eigenvalue weighted by atomic mass is 16.7. The molecule has 0 radical (unpaired) electrons. The molecule has 42 heavy (non-hydrogen) atoms. The molecule has 2 saturated heterocycles. The van der Waals surface area contributed by atoms with Gasteiger partial charge in [0.05, 0.1) is 31.0 Å². The second-order valence-electron chi connectivity index (χ2n) is 14.4. The van der Waals surface area contributed by atoms with Crippen LogP contribution in [0.5, 0.6) is 0 Å². The van der Waals surface area contributed by atoms with Gasteiger partial charge < -0.3 is 28.8 Å². The molecule has 2 aliphatic heterocycles. The SMILES string of the molecule is CCCC1O[C@@H]2C[C@H]3[C@@H]4CCC5=CC(=O)C=C[C@]5(C)[C@H]4[C@@H](O)C[C@]3(C)[C@]2(C(=O)COC2CCCC(COC(C)C)O2)O1. The Hall–Kier alpha value is -1.42. The number of fused-ring (bicyclic) bond motifs is 7. The third-order valence-corrected chi connectivity index (χ3v) is 11.6. The topological polar surface area (TPSA) is 101 Å². The van der Waals surface area contributed by atoms with Crippen LogP contribution in [0.3, 0.4) is 0 Å². The molecule has 4 aliphatic carbocycles. The van der Waals surface area contributed by atoms with Gasteiger partial charge in [0.25, 0.3) is 0 Å². The lowest BCUT2D eigenvalue weighted by Crippen LogP contribution is -2.63. The molecule has 3 unspecified atom stereocenters. The maximum Gasteiger partial charge on any atom is 0.193 e. The zero-order valence-corrected chi connectivity index (χ0v) is 26.0. The minimum absolute atomic E-state index is 0.0192. The Bertz CT molecular complexity index is 1110. The largest absolute Gasteiger partial charge is 0.393 e. The van der Waals surface area contributed by atoms with Gasteiger partial charge in [0.1, 0.15) is 6.61 Å². The third kappa shape index (κ3) is 4.89. The number of aliphatic hydroxyl groups is 1. The summed E-state index contributed by atoms with van der Waals surface area (Å²) < 4.78 is 31.4. The van der Waals surface area contributed by atoms with E-state index in [1.165, 1.54) is 0 Å². The fourth-order valence-electron chi connectivity index (χ4n) is 9.69. The lowest BCUT2D eigenvalue weighted by molar-refractivity contribution is -0.221. The number of aliphatic hydroxyl groups excluding tert-OH is 1. The van der Waals surface area contributed by atoms with E-state index in [1.54, 1.807) is 12.2 Å². The van der Waals surface area contributed by atoms with Crippen molar-refractivity contribution in [1.82, 2.24) is 0 Å². The van der Waals surface area contributed by atoms with E-state index < -0.39 is 29.7 Å². The summed E-state index contributed by atoms with van der Waals surface area (Å²) in [4.78, 5) is 26.6. The molecule has 3 saturated carbocycles. The molecular formula is C34H50O8. The van der Waals surface area contributed by atoms with Crippen LogP contribution in [-0.2, 0) is 33.3 Å². The Balaban J connectivity index is 1.24. The first-order valence-corrected chi connectivity index (χ1v) is 16.4.